The molecular formula is C16H20N2O3. The molecule has 1 amide bonds. The van der Waals surface area contributed by atoms with Gasteiger partial charge in [-0.1, -0.05) is 5.92 Å². The number of hydrogen-bond donors (Lipinski definition) is 0. The van der Waals surface area contributed by atoms with Crippen molar-refractivity contribution >= 4 is 6.09 Å². The van der Waals surface area contributed by atoms with E-state index in [0.717, 1.165) is 6.42 Å². The molecule has 2 heterocycles. The molecule has 0 N–H and O–H groups in total. The number of carbonyl (C=O) groups excluding carboxylic acids is 1. The predicted molar refractivity (Wildman–Crippen MR) is 79.0 cm³/mol. The Morgan fingerprint density at radius 3 is 2.81 bits per heavy atom. The standard InChI is InChI=1S/C16H20N2O3/c1-5-12-6-7-13(10-17-12)20-14-8-9-18(11-14)15(19)21-16(2,3)4/h1,6-7,10,14H,8-9,11H2,2-4H3/t14-/m0/s1. The zero-order valence-corrected chi connectivity index (χ0v) is 12.6. The molecule has 0 saturated carbocycles. The van der Waals surface area contributed by atoms with Gasteiger partial charge in [0.15, 0.2) is 0 Å². The molecule has 21 heavy (non-hydrogen) atoms. The first-order valence-electron chi connectivity index (χ1n) is 6.94. The number of amides is 1. The Balaban J connectivity index is 1.87. The fraction of sp³-hybridized carbons (Fsp3) is 0.500. The Bertz CT molecular complexity index is 540. The lowest BCUT2D eigenvalue weighted by atomic mass is 10.2. The minimum atomic E-state index is -0.481. The smallest absolute Gasteiger partial charge is 0.410 e. The molecule has 1 saturated heterocycles. The van der Waals surface area contributed by atoms with E-state index in [4.69, 9.17) is 15.9 Å². The summed E-state index contributed by atoms with van der Waals surface area (Å²) in [5.41, 5.74) is 0.0921. The van der Waals surface area contributed by atoms with E-state index in [2.05, 4.69) is 10.9 Å². The number of nitrogens with zero attached hydrogens (tertiary/aromatic N) is 2. The molecule has 1 aromatic rings. The van der Waals surface area contributed by atoms with Crippen molar-refractivity contribution < 1.29 is 14.3 Å². The van der Waals surface area contributed by atoms with Crippen LogP contribution in [0.15, 0.2) is 18.3 Å². The number of rotatable bonds is 2. The van der Waals surface area contributed by atoms with Crippen molar-refractivity contribution in [2.75, 3.05) is 13.1 Å². The first kappa shape index (κ1) is 15.2. The third-order valence-electron chi connectivity index (χ3n) is 2.98. The average molecular weight is 288 g/mol. The average Bonchev–Trinajstić information content (AvgIpc) is 2.86. The highest BCUT2D eigenvalue weighted by Crippen LogP contribution is 2.20. The van der Waals surface area contributed by atoms with Gasteiger partial charge in [-0.15, -0.1) is 6.42 Å². The van der Waals surface area contributed by atoms with Gasteiger partial charge in [-0.05, 0) is 32.9 Å². The molecule has 0 aliphatic carbocycles. The summed E-state index contributed by atoms with van der Waals surface area (Å²) in [7, 11) is 0. The number of carbonyl (C=O) groups is 1. The Morgan fingerprint density at radius 2 is 2.24 bits per heavy atom. The predicted octanol–water partition coefficient (Wildman–Crippen LogP) is 2.45. The van der Waals surface area contributed by atoms with Crippen LogP contribution in [0.25, 0.3) is 0 Å². The quantitative estimate of drug-likeness (QED) is 0.784. The molecule has 0 radical (unpaired) electrons. The molecule has 1 aliphatic heterocycles. The summed E-state index contributed by atoms with van der Waals surface area (Å²) in [4.78, 5) is 17.7. The molecule has 0 bridgehead atoms. The maximum absolute atomic E-state index is 12.0. The molecule has 1 fully saturated rings. The molecule has 5 nitrogen and oxygen atoms in total. The van der Waals surface area contributed by atoms with Crippen LogP contribution in [0.5, 0.6) is 5.75 Å². The van der Waals surface area contributed by atoms with Crippen LogP contribution >= 0.6 is 0 Å². The van der Waals surface area contributed by atoms with Crippen LogP contribution in [0.3, 0.4) is 0 Å². The number of hydrogen-bond acceptors (Lipinski definition) is 4. The van der Waals surface area contributed by atoms with Gasteiger partial charge in [-0.25, -0.2) is 9.78 Å². The first-order chi connectivity index (χ1) is 9.87. The van der Waals surface area contributed by atoms with E-state index in [9.17, 15) is 4.79 Å². The monoisotopic (exact) mass is 288 g/mol. The van der Waals surface area contributed by atoms with Gasteiger partial charge < -0.3 is 14.4 Å². The van der Waals surface area contributed by atoms with Crippen LogP contribution in [-0.4, -0.2) is 40.8 Å². The molecule has 0 aromatic carbocycles. The molecular weight excluding hydrogens is 268 g/mol. The summed E-state index contributed by atoms with van der Waals surface area (Å²) in [5.74, 6) is 3.11. The van der Waals surface area contributed by atoms with Gasteiger partial charge in [0.05, 0.1) is 12.7 Å². The van der Waals surface area contributed by atoms with Gasteiger partial charge in [0.1, 0.15) is 23.1 Å². The summed E-state index contributed by atoms with van der Waals surface area (Å²) in [6, 6.07) is 3.52. The van der Waals surface area contributed by atoms with Crippen molar-refractivity contribution in [3.05, 3.63) is 24.0 Å². The van der Waals surface area contributed by atoms with Crippen molar-refractivity contribution in [2.24, 2.45) is 0 Å². The van der Waals surface area contributed by atoms with Crippen molar-refractivity contribution in [1.29, 1.82) is 0 Å². The third-order valence-corrected chi connectivity index (χ3v) is 2.98. The fourth-order valence-corrected chi connectivity index (χ4v) is 2.04. The number of aromatic nitrogens is 1. The summed E-state index contributed by atoms with van der Waals surface area (Å²) in [6.45, 7) is 6.72. The van der Waals surface area contributed by atoms with Crippen LogP contribution < -0.4 is 4.74 Å². The first-order valence-corrected chi connectivity index (χ1v) is 6.94. The second-order valence-electron chi connectivity index (χ2n) is 5.98. The molecule has 1 aliphatic rings. The molecule has 5 heteroatoms. The topological polar surface area (TPSA) is 51.7 Å². The van der Waals surface area contributed by atoms with Gasteiger partial charge in [0.25, 0.3) is 0 Å². The largest absolute Gasteiger partial charge is 0.487 e. The number of pyridine rings is 1. The van der Waals surface area contributed by atoms with E-state index in [0.29, 0.717) is 24.5 Å². The highest BCUT2D eigenvalue weighted by Gasteiger charge is 2.30. The molecule has 0 unspecified atom stereocenters. The second-order valence-corrected chi connectivity index (χ2v) is 5.98. The van der Waals surface area contributed by atoms with Gasteiger partial charge in [0, 0.05) is 13.0 Å². The normalized spacial score (nSPS) is 18.2. The summed E-state index contributed by atoms with van der Waals surface area (Å²) < 4.78 is 11.2. The Hall–Kier alpha value is -2.22. The van der Waals surface area contributed by atoms with Gasteiger partial charge in [-0.3, -0.25) is 0 Å². The zero-order valence-electron chi connectivity index (χ0n) is 12.6. The van der Waals surface area contributed by atoms with E-state index < -0.39 is 5.60 Å². The van der Waals surface area contributed by atoms with Gasteiger partial charge in [0.2, 0.25) is 0 Å². The maximum atomic E-state index is 12.0. The lowest BCUT2D eigenvalue weighted by Gasteiger charge is -2.24. The minimum absolute atomic E-state index is 0.0454. The van der Waals surface area contributed by atoms with Gasteiger partial charge >= 0.3 is 6.09 Å². The van der Waals surface area contributed by atoms with Gasteiger partial charge in [-0.2, -0.15) is 0 Å². The van der Waals surface area contributed by atoms with Crippen molar-refractivity contribution in [1.82, 2.24) is 9.88 Å². The molecule has 0 spiro atoms. The Morgan fingerprint density at radius 1 is 1.48 bits per heavy atom. The lowest BCUT2D eigenvalue weighted by Crippen LogP contribution is -2.36. The number of ether oxygens (including phenoxy) is 2. The van der Waals surface area contributed by atoms with E-state index in [1.54, 1.807) is 23.2 Å². The highest BCUT2D eigenvalue weighted by atomic mass is 16.6. The maximum Gasteiger partial charge on any atom is 0.410 e. The third kappa shape index (κ3) is 4.38. The van der Waals surface area contributed by atoms with Crippen LogP contribution in [0.1, 0.15) is 32.9 Å². The zero-order chi connectivity index (χ0) is 15.5. The molecule has 112 valence electrons. The SMILES string of the molecule is C#Cc1ccc(O[C@H]2CCN(C(=O)OC(C)(C)C)C2)cn1. The van der Waals surface area contributed by atoms with E-state index in [-0.39, 0.29) is 12.2 Å². The number of likely N-dealkylation sites (tertiary alicyclic amines) is 1. The van der Waals surface area contributed by atoms with Crippen LogP contribution in [0.4, 0.5) is 4.79 Å². The summed E-state index contributed by atoms with van der Waals surface area (Å²) in [6.07, 6.45) is 7.29. The van der Waals surface area contributed by atoms with E-state index in [1.165, 1.54) is 0 Å². The van der Waals surface area contributed by atoms with Crippen molar-refractivity contribution in [2.45, 2.75) is 38.9 Å². The second kappa shape index (κ2) is 6.04. The minimum Gasteiger partial charge on any atom is -0.487 e. The van der Waals surface area contributed by atoms with E-state index in [1.807, 2.05) is 20.8 Å². The number of terminal acetylenes is 1. The van der Waals surface area contributed by atoms with E-state index >= 15 is 0 Å². The molecule has 1 atom stereocenters. The summed E-state index contributed by atoms with van der Waals surface area (Å²) >= 11 is 0. The van der Waals surface area contributed by atoms with Crippen LogP contribution in [0, 0.1) is 12.3 Å². The van der Waals surface area contributed by atoms with Crippen LogP contribution in [0.2, 0.25) is 0 Å². The Kier molecular flexibility index (Phi) is 4.37. The van der Waals surface area contributed by atoms with Crippen molar-refractivity contribution in [3.63, 3.8) is 0 Å². The van der Waals surface area contributed by atoms with Crippen molar-refractivity contribution in [3.8, 4) is 18.1 Å². The Labute approximate surface area is 125 Å². The molecule has 2 rings (SSSR count). The summed E-state index contributed by atoms with van der Waals surface area (Å²) in [5, 5.41) is 0. The lowest BCUT2D eigenvalue weighted by molar-refractivity contribution is 0.0275. The highest BCUT2D eigenvalue weighted by molar-refractivity contribution is 5.68. The van der Waals surface area contributed by atoms with Crippen LogP contribution in [-0.2, 0) is 4.74 Å². The fourth-order valence-electron chi connectivity index (χ4n) is 2.04. The molecule has 1 aromatic heterocycles.